The maximum absolute atomic E-state index is 6.24. The van der Waals surface area contributed by atoms with Gasteiger partial charge in [-0.1, -0.05) is 36.4 Å². The fraction of sp³-hybridized carbons (Fsp3) is 0.265. The number of ether oxygens (including phenoxy) is 1. The largest absolute Gasteiger partial charge is 0.378 e. The van der Waals surface area contributed by atoms with Crippen molar-refractivity contribution in [3.63, 3.8) is 0 Å². The highest BCUT2D eigenvalue weighted by Gasteiger charge is 2.25. The molecular formula is C34H33N7O. The summed E-state index contributed by atoms with van der Waals surface area (Å²) in [6.07, 6.45) is 4.61. The fourth-order valence-electron chi connectivity index (χ4n) is 6.25. The molecule has 42 heavy (non-hydrogen) atoms. The third kappa shape index (κ3) is 4.48. The Hall–Kier alpha value is -4.69. The first-order valence-electron chi connectivity index (χ1n) is 14.7. The SMILES string of the molecule is Cc1c(-c2nc(N)nc3[nH]c(-c4ccc(N5CCOCC5)cc4)cc23)cccc1N1Cc2ccc(C3CC3)cc2C=N1. The van der Waals surface area contributed by atoms with Crippen molar-refractivity contribution in [1.82, 2.24) is 15.0 Å². The minimum absolute atomic E-state index is 0.245. The molecule has 1 saturated carbocycles. The first kappa shape index (κ1) is 25.1. The Morgan fingerprint density at radius 3 is 2.60 bits per heavy atom. The van der Waals surface area contributed by atoms with Crippen molar-refractivity contribution in [2.75, 3.05) is 41.9 Å². The molecule has 0 bridgehead atoms. The predicted molar refractivity (Wildman–Crippen MR) is 169 cm³/mol. The zero-order chi connectivity index (χ0) is 28.2. The molecule has 8 heteroatoms. The lowest BCUT2D eigenvalue weighted by Crippen LogP contribution is -2.36. The lowest BCUT2D eigenvalue weighted by atomic mass is 9.99. The molecule has 8 rings (SSSR count). The Morgan fingerprint density at radius 1 is 0.952 bits per heavy atom. The van der Waals surface area contributed by atoms with E-state index in [1.165, 1.54) is 35.2 Å². The monoisotopic (exact) mass is 555 g/mol. The highest BCUT2D eigenvalue weighted by molar-refractivity contribution is 5.96. The average Bonchev–Trinajstić information content (AvgIpc) is 3.80. The van der Waals surface area contributed by atoms with Crippen molar-refractivity contribution in [2.45, 2.75) is 32.2 Å². The lowest BCUT2D eigenvalue weighted by molar-refractivity contribution is 0.122. The number of H-pyrrole nitrogens is 1. The zero-order valence-corrected chi connectivity index (χ0v) is 23.7. The van der Waals surface area contributed by atoms with Gasteiger partial charge >= 0.3 is 0 Å². The smallest absolute Gasteiger partial charge is 0.222 e. The number of rotatable bonds is 5. The number of benzene rings is 3. The van der Waals surface area contributed by atoms with E-state index in [0.717, 1.165) is 83.6 Å². The van der Waals surface area contributed by atoms with Gasteiger partial charge in [0.1, 0.15) is 5.65 Å². The number of nitrogens with one attached hydrogen (secondary N) is 1. The number of nitrogen functional groups attached to an aromatic ring is 1. The first-order valence-corrected chi connectivity index (χ1v) is 14.7. The van der Waals surface area contributed by atoms with Crippen molar-refractivity contribution < 1.29 is 4.74 Å². The second-order valence-electron chi connectivity index (χ2n) is 11.5. The topological polar surface area (TPSA) is 95.7 Å². The van der Waals surface area contributed by atoms with Gasteiger partial charge in [0.2, 0.25) is 5.95 Å². The minimum atomic E-state index is 0.245. The van der Waals surface area contributed by atoms with Gasteiger partial charge in [-0.2, -0.15) is 10.1 Å². The van der Waals surface area contributed by atoms with Crippen LogP contribution in [0.1, 0.15) is 41.0 Å². The molecule has 0 radical (unpaired) electrons. The van der Waals surface area contributed by atoms with E-state index in [9.17, 15) is 0 Å². The number of nitrogens with two attached hydrogens (primary N) is 1. The van der Waals surface area contributed by atoms with Crippen molar-refractivity contribution >= 4 is 34.6 Å². The van der Waals surface area contributed by atoms with Crippen LogP contribution >= 0.6 is 0 Å². The van der Waals surface area contributed by atoms with Crippen molar-refractivity contribution in [1.29, 1.82) is 0 Å². The third-order valence-electron chi connectivity index (χ3n) is 8.77. The predicted octanol–water partition coefficient (Wildman–Crippen LogP) is 6.25. The molecule has 1 aliphatic carbocycles. The molecule has 2 fully saturated rings. The summed E-state index contributed by atoms with van der Waals surface area (Å²) in [5, 5.41) is 7.88. The van der Waals surface area contributed by atoms with Gasteiger partial charge in [0.05, 0.1) is 37.4 Å². The van der Waals surface area contributed by atoms with Crippen LogP contribution in [-0.4, -0.2) is 47.5 Å². The van der Waals surface area contributed by atoms with Gasteiger partial charge in [0.15, 0.2) is 0 Å². The van der Waals surface area contributed by atoms with Crippen molar-refractivity contribution in [2.24, 2.45) is 5.10 Å². The molecule has 2 aliphatic heterocycles. The van der Waals surface area contributed by atoms with Crippen LogP contribution in [0.3, 0.4) is 0 Å². The third-order valence-corrected chi connectivity index (χ3v) is 8.77. The number of hydrogen-bond acceptors (Lipinski definition) is 7. The van der Waals surface area contributed by atoms with Crippen LogP contribution in [0.4, 0.5) is 17.3 Å². The second kappa shape index (κ2) is 9.99. The van der Waals surface area contributed by atoms with Gasteiger partial charge in [-0.25, -0.2) is 4.98 Å². The Bertz CT molecular complexity index is 1830. The molecule has 0 atom stereocenters. The number of hydrogen-bond donors (Lipinski definition) is 2. The zero-order valence-electron chi connectivity index (χ0n) is 23.7. The maximum atomic E-state index is 6.24. The number of fused-ring (bicyclic) bond motifs is 2. The van der Waals surface area contributed by atoms with Gasteiger partial charge in [0.25, 0.3) is 0 Å². The van der Waals surface area contributed by atoms with Gasteiger partial charge in [-0.3, -0.25) is 5.01 Å². The number of aromatic nitrogens is 3. The summed E-state index contributed by atoms with van der Waals surface area (Å²) >= 11 is 0. The summed E-state index contributed by atoms with van der Waals surface area (Å²) in [5.74, 6) is 0.982. The quantitative estimate of drug-likeness (QED) is 0.266. The molecule has 0 unspecified atom stereocenters. The molecule has 4 heterocycles. The molecule has 3 N–H and O–H groups in total. The summed E-state index contributed by atoms with van der Waals surface area (Å²) in [6, 6.07) is 23.9. The van der Waals surface area contributed by atoms with Crippen LogP contribution in [0.25, 0.3) is 33.5 Å². The van der Waals surface area contributed by atoms with Gasteiger partial charge < -0.3 is 20.4 Å². The van der Waals surface area contributed by atoms with E-state index in [4.69, 9.17) is 20.6 Å². The molecule has 8 nitrogen and oxygen atoms in total. The Morgan fingerprint density at radius 2 is 1.79 bits per heavy atom. The summed E-state index contributed by atoms with van der Waals surface area (Å²) in [5.41, 5.74) is 18.2. The van der Waals surface area contributed by atoms with E-state index >= 15 is 0 Å². The second-order valence-corrected chi connectivity index (χ2v) is 11.5. The van der Waals surface area contributed by atoms with Crippen LogP contribution in [0.15, 0.2) is 71.8 Å². The van der Waals surface area contributed by atoms with Gasteiger partial charge in [-0.05, 0) is 83.8 Å². The fourth-order valence-corrected chi connectivity index (χ4v) is 6.25. The molecule has 0 spiro atoms. The molecule has 210 valence electrons. The summed E-state index contributed by atoms with van der Waals surface area (Å²) in [6.45, 7) is 6.24. The van der Waals surface area contributed by atoms with Gasteiger partial charge in [-0.15, -0.1) is 0 Å². The van der Waals surface area contributed by atoms with E-state index in [0.29, 0.717) is 0 Å². The van der Waals surface area contributed by atoms with E-state index in [1.54, 1.807) is 0 Å². The molecular weight excluding hydrogens is 522 g/mol. The molecule has 1 saturated heterocycles. The summed E-state index contributed by atoms with van der Waals surface area (Å²) < 4.78 is 5.50. The summed E-state index contributed by atoms with van der Waals surface area (Å²) in [4.78, 5) is 15.1. The Kier molecular flexibility index (Phi) is 5.96. The highest BCUT2D eigenvalue weighted by atomic mass is 16.5. The molecule has 2 aromatic heterocycles. The van der Waals surface area contributed by atoms with Crippen LogP contribution in [0.2, 0.25) is 0 Å². The molecule has 3 aliphatic rings. The average molecular weight is 556 g/mol. The maximum Gasteiger partial charge on any atom is 0.222 e. The highest BCUT2D eigenvalue weighted by Crippen LogP contribution is 2.41. The Labute approximate surface area is 244 Å². The number of hydrazone groups is 1. The number of morpholine rings is 1. The molecule has 0 amide bonds. The standard InChI is InChI=1S/C34H33N7O/c1-21-28(3-2-4-31(21)41-20-25-8-7-24(22-5-6-22)17-26(25)19-36-41)32-29-18-30(37-33(29)39-34(35)38-32)23-9-11-27(12-10-23)40-13-15-42-16-14-40/h2-4,7-12,17-19,22H,5-6,13-16,20H2,1H3,(H3,35,37,38,39). The van der Waals surface area contributed by atoms with Gasteiger partial charge in [0, 0.05) is 35.4 Å². The molecule has 5 aromatic rings. The normalized spacial score (nSPS) is 16.7. The van der Waals surface area contributed by atoms with E-state index in [-0.39, 0.29) is 5.95 Å². The van der Waals surface area contributed by atoms with Crippen LogP contribution in [0.5, 0.6) is 0 Å². The Balaban J connectivity index is 1.12. The number of anilines is 3. The van der Waals surface area contributed by atoms with Crippen LogP contribution in [0, 0.1) is 6.92 Å². The van der Waals surface area contributed by atoms with E-state index < -0.39 is 0 Å². The van der Waals surface area contributed by atoms with Crippen molar-refractivity contribution in [3.8, 4) is 22.5 Å². The number of aromatic amines is 1. The van der Waals surface area contributed by atoms with Crippen molar-refractivity contribution in [3.05, 3.63) is 89.0 Å². The molecule has 3 aromatic carbocycles. The lowest BCUT2D eigenvalue weighted by Gasteiger charge is -2.28. The first-order chi connectivity index (χ1) is 20.6. The van der Waals surface area contributed by atoms with E-state index in [1.807, 2.05) is 6.21 Å². The van der Waals surface area contributed by atoms with E-state index in [2.05, 4.69) is 93.5 Å². The minimum Gasteiger partial charge on any atom is -0.378 e. The van der Waals surface area contributed by atoms with Crippen LogP contribution < -0.4 is 15.6 Å². The van der Waals surface area contributed by atoms with Crippen LogP contribution in [-0.2, 0) is 11.3 Å². The number of nitrogens with zero attached hydrogens (tertiary/aromatic N) is 5. The summed E-state index contributed by atoms with van der Waals surface area (Å²) in [7, 11) is 0.